The largest absolute Gasteiger partial charge is 0.338 e. The van der Waals surface area contributed by atoms with Gasteiger partial charge in [-0.05, 0) is 31.4 Å². The highest BCUT2D eigenvalue weighted by atomic mass is 16.2. The van der Waals surface area contributed by atoms with Crippen molar-refractivity contribution in [2.24, 2.45) is 0 Å². The Hall–Kier alpha value is -1.55. The van der Waals surface area contributed by atoms with Crippen molar-refractivity contribution < 1.29 is 4.79 Å². The SMILES string of the molecule is CCCCCCC1(CC)NC(=O)N(c2ccccc2)N1. The van der Waals surface area contributed by atoms with Crippen molar-refractivity contribution in [1.29, 1.82) is 0 Å². The number of hydrogen-bond acceptors (Lipinski definition) is 2. The summed E-state index contributed by atoms with van der Waals surface area (Å²) in [4.78, 5) is 12.2. The van der Waals surface area contributed by atoms with Crippen molar-refractivity contribution in [3.63, 3.8) is 0 Å². The van der Waals surface area contributed by atoms with Gasteiger partial charge >= 0.3 is 6.03 Å². The number of urea groups is 1. The molecule has 0 radical (unpaired) electrons. The summed E-state index contributed by atoms with van der Waals surface area (Å²) < 4.78 is 0. The molecule has 110 valence electrons. The molecule has 1 fully saturated rings. The molecule has 1 aromatic carbocycles. The lowest BCUT2D eigenvalue weighted by atomic mass is 9.99. The Balaban J connectivity index is 2.01. The maximum atomic E-state index is 12.2. The third-order valence-corrected chi connectivity index (χ3v) is 3.95. The fourth-order valence-corrected chi connectivity index (χ4v) is 2.63. The van der Waals surface area contributed by atoms with E-state index in [1.165, 1.54) is 19.3 Å². The first-order valence-electron chi connectivity index (χ1n) is 7.66. The molecule has 1 aromatic rings. The van der Waals surface area contributed by atoms with Gasteiger partial charge in [-0.25, -0.2) is 15.2 Å². The maximum Gasteiger partial charge on any atom is 0.338 e. The fraction of sp³-hybridized carbons (Fsp3) is 0.562. The van der Waals surface area contributed by atoms with Gasteiger partial charge < -0.3 is 5.32 Å². The van der Waals surface area contributed by atoms with Crippen LogP contribution in [0.1, 0.15) is 52.4 Å². The average Bonchev–Trinajstić information content (AvgIpc) is 2.82. The minimum absolute atomic E-state index is 0.0615. The Morgan fingerprint density at radius 3 is 2.50 bits per heavy atom. The zero-order chi connectivity index (χ0) is 14.4. The predicted octanol–water partition coefficient (Wildman–Crippen LogP) is 3.80. The van der Waals surface area contributed by atoms with E-state index in [0.717, 1.165) is 24.9 Å². The van der Waals surface area contributed by atoms with Crippen LogP contribution in [-0.4, -0.2) is 11.7 Å². The fourth-order valence-electron chi connectivity index (χ4n) is 2.63. The van der Waals surface area contributed by atoms with E-state index in [4.69, 9.17) is 0 Å². The van der Waals surface area contributed by atoms with Crippen molar-refractivity contribution in [1.82, 2.24) is 10.7 Å². The summed E-state index contributed by atoms with van der Waals surface area (Å²) in [5.41, 5.74) is 3.96. The van der Waals surface area contributed by atoms with Gasteiger partial charge in [-0.3, -0.25) is 0 Å². The lowest BCUT2D eigenvalue weighted by molar-refractivity contribution is 0.241. The molecular weight excluding hydrogens is 250 g/mol. The van der Waals surface area contributed by atoms with Crippen LogP contribution in [0.15, 0.2) is 30.3 Å². The van der Waals surface area contributed by atoms with Crippen LogP contribution in [0, 0.1) is 0 Å². The van der Waals surface area contributed by atoms with E-state index in [1.54, 1.807) is 5.01 Å². The number of carbonyl (C=O) groups excluding carboxylic acids is 1. The van der Waals surface area contributed by atoms with Gasteiger partial charge in [0, 0.05) is 0 Å². The number of carbonyl (C=O) groups is 1. The van der Waals surface area contributed by atoms with Gasteiger partial charge in [0.05, 0.1) is 5.69 Å². The second kappa shape index (κ2) is 6.75. The summed E-state index contributed by atoms with van der Waals surface area (Å²) in [5.74, 6) is 0. The van der Waals surface area contributed by atoms with Crippen LogP contribution in [-0.2, 0) is 0 Å². The molecule has 0 aliphatic carbocycles. The molecule has 0 spiro atoms. The first kappa shape index (κ1) is 14.9. The molecule has 1 atom stereocenters. The van der Waals surface area contributed by atoms with Gasteiger partial charge in [0.1, 0.15) is 5.66 Å². The summed E-state index contributed by atoms with van der Waals surface area (Å²) in [6.45, 7) is 4.32. The summed E-state index contributed by atoms with van der Waals surface area (Å²) >= 11 is 0. The highest BCUT2D eigenvalue weighted by molar-refractivity contribution is 5.93. The molecule has 2 rings (SSSR count). The number of amides is 2. The van der Waals surface area contributed by atoms with Gasteiger partial charge in [0.15, 0.2) is 0 Å². The van der Waals surface area contributed by atoms with E-state index < -0.39 is 0 Å². The molecule has 2 N–H and O–H groups in total. The van der Waals surface area contributed by atoms with Crippen molar-refractivity contribution in [2.45, 2.75) is 58.0 Å². The molecule has 1 aliphatic heterocycles. The molecule has 1 saturated heterocycles. The van der Waals surface area contributed by atoms with Crippen molar-refractivity contribution in [3.05, 3.63) is 30.3 Å². The maximum absolute atomic E-state index is 12.2. The molecule has 1 unspecified atom stereocenters. The third kappa shape index (κ3) is 3.31. The minimum atomic E-state index is -0.291. The van der Waals surface area contributed by atoms with E-state index >= 15 is 0 Å². The highest BCUT2D eigenvalue weighted by Gasteiger charge is 2.40. The number of hydrazine groups is 1. The van der Waals surface area contributed by atoms with Crippen LogP contribution in [0.2, 0.25) is 0 Å². The second-order valence-corrected chi connectivity index (χ2v) is 5.46. The number of rotatable bonds is 7. The number of hydrogen-bond donors (Lipinski definition) is 2. The predicted molar refractivity (Wildman–Crippen MR) is 82.4 cm³/mol. The third-order valence-electron chi connectivity index (χ3n) is 3.95. The van der Waals surface area contributed by atoms with Gasteiger partial charge in [-0.1, -0.05) is 51.3 Å². The topological polar surface area (TPSA) is 44.4 Å². The molecule has 4 heteroatoms. The molecule has 1 aliphatic rings. The zero-order valence-corrected chi connectivity index (χ0v) is 12.5. The minimum Gasteiger partial charge on any atom is -0.317 e. The summed E-state index contributed by atoms with van der Waals surface area (Å²) in [7, 11) is 0. The van der Waals surface area contributed by atoms with Gasteiger partial charge in [0.2, 0.25) is 0 Å². The lowest BCUT2D eigenvalue weighted by Gasteiger charge is -2.28. The quantitative estimate of drug-likeness (QED) is 0.743. The van der Waals surface area contributed by atoms with Gasteiger partial charge in [-0.2, -0.15) is 0 Å². The lowest BCUT2D eigenvalue weighted by Crippen LogP contribution is -2.50. The Labute approximate surface area is 121 Å². The monoisotopic (exact) mass is 275 g/mol. The molecule has 0 saturated carbocycles. The molecule has 1 heterocycles. The number of unbranched alkanes of at least 4 members (excludes halogenated alkanes) is 3. The molecule has 0 aromatic heterocycles. The standard InChI is InChI=1S/C16H25N3O/c1-3-5-6-10-13-16(4-2)17-15(20)19(18-16)14-11-8-7-9-12-14/h7-9,11-12,18H,3-6,10,13H2,1-2H3,(H,17,20). The van der Waals surface area contributed by atoms with Crippen molar-refractivity contribution in [2.75, 3.05) is 5.01 Å². The Kier molecular flexibility index (Phi) is 5.01. The molecule has 0 bridgehead atoms. The summed E-state index contributed by atoms with van der Waals surface area (Å²) in [6, 6.07) is 9.66. The molecule has 4 nitrogen and oxygen atoms in total. The molecular formula is C16H25N3O. The van der Waals surface area contributed by atoms with Crippen LogP contribution in [0.5, 0.6) is 0 Å². The summed E-state index contributed by atoms with van der Waals surface area (Å²) in [6.07, 6.45) is 6.71. The molecule has 20 heavy (non-hydrogen) atoms. The van der Waals surface area contributed by atoms with Crippen LogP contribution >= 0.6 is 0 Å². The van der Waals surface area contributed by atoms with Crippen molar-refractivity contribution >= 4 is 11.7 Å². The Morgan fingerprint density at radius 2 is 1.85 bits per heavy atom. The van der Waals surface area contributed by atoms with Crippen LogP contribution in [0.4, 0.5) is 10.5 Å². The van der Waals surface area contributed by atoms with E-state index in [1.807, 2.05) is 30.3 Å². The number of nitrogens with one attached hydrogen (secondary N) is 2. The number of benzene rings is 1. The average molecular weight is 275 g/mol. The van der Waals surface area contributed by atoms with Crippen molar-refractivity contribution in [3.8, 4) is 0 Å². The van der Waals surface area contributed by atoms with E-state index in [2.05, 4.69) is 24.6 Å². The number of anilines is 1. The van der Waals surface area contributed by atoms with Crippen LogP contribution < -0.4 is 15.8 Å². The van der Waals surface area contributed by atoms with Gasteiger partial charge in [-0.15, -0.1) is 0 Å². The van der Waals surface area contributed by atoms with Crippen LogP contribution in [0.25, 0.3) is 0 Å². The van der Waals surface area contributed by atoms with Gasteiger partial charge in [0.25, 0.3) is 0 Å². The molecule has 2 amide bonds. The second-order valence-electron chi connectivity index (χ2n) is 5.46. The smallest absolute Gasteiger partial charge is 0.317 e. The van der Waals surface area contributed by atoms with E-state index in [-0.39, 0.29) is 11.7 Å². The Bertz CT molecular complexity index is 435. The number of para-hydroxylation sites is 1. The van der Waals surface area contributed by atoms with E-state index in [9.17, 15) is 4.79 Å². The normalized spacial score (nSPS) is 22.1. The Morgan fingerprint density at radius 1 is 1.10 bits per heavy atom. The first-order valence-corrected chi connectivity index (χ1v) is 7.66. The highest BCUT2D eigenvalue weighted by Crippen LogP contribution is 2.25. The van der Waals surface area contributed by atoms with Crippen LogP contribution in [0.3, 0.4) is 0 Å². The zero-order valence-electron chi connectivity index (χ0n) is 12.5. The summed E-state index contributed by atoms with van der Waals surface area (Å²) in [5, 5.41) is 4.75. The first-order chi connectivity index (χ1) is 9.71. The van der Waals surface area contributed by atoms with E-state index in [0.29, 0.717) is 0 Å². The number of nitrogens with zero attached hydrogens (tertiary/aromatic N) is 1.